The van der Waals surface area contributed by atoms with Gasteiger partial charge in [0, 0.05) is 37.5 Å². The fraction of sp³-hybridized carbons (Fsp3) is 0.467. The maximum Gasteiger partial charge on any atom is 0.326 e. The molecule has 1 amide bonds. The van der Waals surface area contributed by atoms with Crippen LogP contribution in [0.3, 0.4) is 0 Å². The van der Waals surface area contributed by atoms with Crippen LogP contribution in [0.4, 0.5) is 5.69 Å². The van der Waals surface area contributed by atoms with Crippen LogP contribution in [0.2, 0.25) is 0 Å². The monoisotopic (exact) mass is 290 g/mol. The second kappa shape index (κ2) is 5.37. The summed E-state index contributed by atoms with van der Waals surface area (Å²) < 4.78 is 0. The molecule has 2 unspecified atom stereocenters. The molecule has 0 saturated carbocycles. The van der Waals surface area contributed by atoms with Crippen molar-refractivity contribution in [2.75, 3.05) is 18.4 Å². The number of hydrogen-bond donors (Lipinski definition) is 3. The van der Waals surface area contributed by atoms with Crippen molar-refractivity contribution < 1.29 is 19.8 Å². The summed E-state index contributed by atoms with van der Waals surface area (Å²) >= 11 is 0. The Bertz CT molecular complexity index is 575. The predicted molar refractivity (Wildman–Crippen MR) is 76.1 cm³/mol. The number of anilines is 1. The largest absolute Gasteiger partial charge is 0.480 e. The molecule has 0 radical (unpaired) electrons. The lowest BCUT2D eigenvalue weighted by Crippen LogP contribution is -2.41. The maximum absolute atomic E-state index is 12.4. The number of carboxylic acid groups (broad SMARTS) is 1. The molecule has 112 valence electrons. The van der Waals surface area contributed by atoms with Crippen molar-refractivity contribution in [3.05, 3.63) is 29.8 Å². The third-order valence-corrected chi connectivity index (χ3v) is 4.24. The van der Waals surface area contributed by atoms with Gasteiger partial charge >= 0.3 is 5.97 Å². The lowest BCUT2D eigenvalue weighted by atomic mass is 9.97. The summed E-state index contributed by atoms with van der Waals surface area (Å²) in [5, 5.41) is 22.0. The molecule has 2 aliphatic heterocycles. The Labute approximate surface area is 122 Å². The number of nitrogens with one attached hydrogen (secondary N) is 1. The van der Waals surface area contributed by atoms with Crippen molar-refractivity contribution in [3.63, 3.8) is 0 Å². The molecule has 1 fully saturated rings. The fourth-order valence-corrected chi connectivity index (χ4v) is 3.19. The fourth-order valence-electron chi connectivity index (χ4n) is 3.19. The van der Waals surface area contributed by atoms with Crippen LogP contribution in [0.25, 0.3) is 0 Å². The number of carbonyl (C=O) groups excluding carboxylic acids is 1. The van der Waals surface area contributed by atoms with Gasteiger partial charge in [-0.25, -0.2) is 4.79 Å². The van der Waals surface area contributed by atoms with Gasteiger partial charge in [-0.05, 0) is 11.6 Å². The van der Waals surface area contributed by atoms with Gasteiger partial charge in [-0.3, -0.25) is 4.79 Å². The van der Waals surface area contributed by atoms with Crippen molar-refractivity contribution >= 4 is 17.6 Å². The van der Waals surface area contributed by atoms with Crippen LogP contribution < -0.4 is 5.32 Å². The summed E-state index contributed by atoms with van der Waals surface area (Å²) in [6.45, 7) is 0.789. The Hall–Kier alpha value is -2.08. The number of likely N-dealkylation sites (tertiary alicyclic amines) is 1. The third-order valence-electron chi connectivity index (χ3n) is 4.24. The third kappa shape index (κ3) is 2.58. The number of benzene rings is 1. The highest BCUT2D eigenvalue weighted by Gasteiger charge is 2.39. The molecule has 0 bridgehead atoms. The van der Waals surface area contributed by atoms with Crippen molar-refractivity contribution in [2.24, 2.45) is 0 Å². The van der Waals surface area contributed by atoms with E-state index in [1.807, 2.05) is 24.3 Å². The molecule has 0 aromatic heterocycles. The first-order valence-corrected chi connectivity index (χ1v) is 7.09. The number of aliphatic hydroxyl groups is 1. The lowest BCUT2D eigenvalue weighted by Gasteiger charge is -2.22. The molecule has 2 heterocycles. The van der Waals surface area contributed by atoms with Gasteiger partial charge in [0.05, 0.1) is 6.10 Å². The zero-order chi connectivity index (χ0) is 15.0. The maximum atomic E-state index is 12.4. The molecular weight excluding hydrogens is 272 g/mol. The number of amides is 1. The van der Waals surface area contributed by atoms with E-state index in [1.54, 1.807) is 0 Å². The highest BCUT2D eigenvalue weighted by atomic mass is 16.4. The minimum Gasteiger partial charge on any atom is -0.480 e. The molecule has 6 nitrogen and oxygen atoms in total. The summed E-state index contributed by atoms with van der Waals surface area (Å²) in [6, 6.07) is 6.92. The smallest absolute Gasteiger partial charge is 0.326 e. The summed E-state index contributed by atoms with van der Waals surface area (Å²) in [5.41, 5.74) is 2.13. The average Bonchev–Trinajstić information content (AvgIpc) is 3.03. The van der Waals surface area contributed by atoms with Gasteiger partial charge in [-0.1, -0.05) is 18.2 Å². The number of para-hydroxylation sites is 1. The summed E-state index contributed by atoms with van der Waals surface area (Å²) in [6.07, 6.45) is -0.370. The molecule has 1 aromatic carbocycles. The molecule has 21 heavy (non-hydrogen) atoms. The highest BCUT2D eigenvalue weighted by molar-refractivity contribution is 5.85. The minimum atomic E-state index is -1.05. The second-order valence-corrected chi connectivity index (χ2v) is 5.66. The SMILES string of the molecule is O=C(O)[C@@H]1CC(O)CN1C(=O)CC1CNc2ccccc21. The van der Waals surface area contributed by atoms with Crippen LogP contribution in [0.1, 0.15) is 24.3 Å². The van der Waals surface area contributed by atoms with E-state index in [0.29, 0.717) is 6.54 Å². The highest BCUT2D eigenvalue weighted by Crippen LogP contribution is 2.34. The Morgan fingerprint density at radius 2 is 2.10 bits per heavy atom. The first-order valence-electron chi connectivity index (χ1n) is 7.09. The number of hydrogen-bond acceptors (Lipinski definition) is 4. The molecule has 1 aromatic rings. The van der Waals surface area contributed by atoms with E-state index in [0.717, 1.165) is 11.3 Å². The van der Waals surface area contributed by atoms with Gasteiger partial charge < -0.3 is 20.4 Å². The number of nitrogens with zero attached hydrogens (tertiary/aromatic N) is 1. The molecule has 3 rings (SSSR count). The van der Waals surface area contributed by atoms with Gasteiger partial charge in [-0.15, -0.1) is 0 Å². The number of aliphatic carboxylic acids is 1. The minimum absolute atomic E-state index is 0.0564. The van der Waals surface area contributed by atoms with Crippen LogP contribution in [-0.4, -0.2) is 52.2 Å². The van der Waals surface area contributed by atoms with Crippen LogP contribution in [-0.2, 0) is 9.59 Å². The Kier molecular flexibility index (Phi) is 3.55. The predicted octanol–water partition coefficient (Wildman–Crippen LogP) is 0.632. The summed E-state index contributed by atoms with van der Waals surface area (Å²) in [4.78, 5) is 24.9. The molecule has 6 heteroatoms. The lowest BCUT2D eigenvalue weighted by molar-refractivity contribution is -0.148. The van der Waals surface area contributed by atoms with Gasteiger partial charge in [-0.2, -0.15) is 0 Å². The topological polar surface area (TPSA) is 89.9 Å². The Morgan fingerprint density at radius 1 is 1.33 bits per heavy atom. The number of rotatable bonds is 3. The van der Waals surface area contributed by atoms with E-state index in [1.165, 1.54) is 4.90 Å². The van der Waals surface area contributed by atoms with Gasteiger partial charge in [0.2, 0.25) is 5.91 Å². The average molecular weight is 290 g/mol. The van der Waals surface area contributed by atoms with E-state index in [-0.39, 0.29) is 31.2 Å². The van der Waals surface area contributed by atoms with E-state index in [4.69, 9.17) is 5.11 Å². The Balaban J connectivity index is 1.71. The molecule has 1 saturated heterocycles. The molecular formula is C15H18N2O4. The second-order valence-electron chi connectivity index (χ2n) is 5.66. The number of β-amino-alcohol motifs (C(OH)–C–C–N with tert-alkyl or cyclic N) is 1. The van der Waals surface area contributed by atoms with E-state index < -0.39 is 18.1 Å². The van der Waals surface area contributed by atoms with Crippen LogP contribution in [0.5, 0.6) is 0 Å². The number of aliphatic hydroxyl groups excluding tert-OH is 1. The molecule has 0 aliphatic carbocycles. The van der Waals surface area contributed by atoms with Gasteiger partial charge in [0.1, 0.15) is 6.04 Å². The quantitative estimate of drug-likeness (QED) is 0.760. The van der Waals surface area contributed by atoms with Crippen LogP contribution in [0, 0.1) is 0 Å². The normalized spacial score (nSPS) is 27.3. The molecule has 3 N–H and O–H groups in total. The Morgan fingerprint density at radius 3 is 2.86 bits per heavy atom. The van der Waals surface area contributed by atoms with Crippen LogP contribution >= 0.6 is 0 Å². The zero-order valence-corrected chi connectivity index (χ0v) is 11.5. The van der Waals surface area contributed by atoms with Crippen LogP contribution in [0.15, 0.2) is 24.3 Å². The van der Waals surface area contributed by atoms with E-state index in [9.17, 15) is 14.7 Å². The number of fused-ring (bicyclic) bond motifs is 1. The first kappa shape index (κ1) is 13.9. The first-order chi connectivity index (χ1) is 10.1. The van der Waals surface area contributed by atoms with E-state index in [2.05, 4.69) is 5.32 Å². The molecule has 2 aliphatic rings. The van der Waals surface area contributed by atoms with Crippen molar-refractivity contribution in [2.45, 2.75) is 30.9 Å². The van der Waals surface area contributed by atoms with E-state index >= 15 is 0 Å². The summed E-state index contributed by atoms with van der Waals surface area (Å²) in [5.74, 6) is -1.20. The summed E-state index contributed by atoms with van der Waals surface area (Å²) in [7, 11) is 0. The van der Waals surface area contributed by atoms with Gasteiger partial charge in [0.25, 0.3) is 0 Å². The standard InChI is InChI=1S/C15H18N2O4/c18-10-6-13(15(20)21)17(8-10)14(19)5-9-7-16-12-4-2-1-3-11(9)12/h1-4,9-10,13,16,18H,5-8H2,(H,20,21)/t9?,10?,13-/m0/s1. The number of carbonyl (C=O) groups is 2. The van der Waals surface area contributed by atoms with Crippen molar-refractivity contribution in [1.82, 2.24) is 4.90 Å². The van der Waals surface area contributed by atoms with Crippen molar-refractivity contribution in [3.8, 4) is 0 Å². The van der Waals surface area contributed by atoms with Gasteiger partial charge in [0.15, 0.2) is 0 Å². The molecule has 0 spiro atoms. The zero-order valence-electron chi connectivity index (χ0n) is 11.5. The number of carboxylic acids is 1. The molecule has 3 atom stereocenters. The van der Waals surface area contributed by atoms with Crippen molar-refractivity contribution in [1.29, 1.82) is 0 Å².